The van der Waals surface area contributed by atoms with E-state index in [2.05, 4.69) is 23.6 Å². The summed E-state index contributed by atoms with van der Waals surface area (Å²) in [6.07, 6.45) is 5.28. The van der Waals surface area contributed by atoms with Crippen LogP contribution in [0.5, 0.6) is 0 Å². The highest BCUT2D eigenvalue weighted by Gasteiger charge is 2.31. The summed E-state index contributed by atoms with van der Waals surface area (Å²) in [5.74, 6) is 2.70. The SMILES string of the molecule is CC1C(N)CCCN1C1CCSCC1. The lowest BCUT2D eigenvalue weighted by Gasteiger charge is -2.44. The van der Waals surface area contributed by atoms with E-state index >= 15 is 0 Å². The molecule has 3 heteroatoms. The van der Waals surface area contributed by atoms with Crippen LogP contribution in [0.4, 0.5) is 0 Å². The van der Waals surface area contributed by atoms with Gasteiger partial charge < -0.3 is 5.73 Å². The van der Waals surface area contributed by atoms with Crippen LogP contribution in [-0.2, 0) is 0 Å². The lowest BCUT2D eigenvalue weighted by molar-refractivity contribution is 0.0849. The molecule has 2 rings (SSSR count). The molecule has 0 aromatic heterocycles. The molecule has 2 nitrogen and oxygen atoms in total. The molecule has 2 unspecified atom stereocenters. The molecule has 0 radical (unpaired) electrons. The number of hydrogen-bond acceptors (Lipinski definition) is 3. The third-order valence-corrected chi connectivity index (χ3v) is 4.81. The summed E-state index contributed by atoms with van der Waals surface area (Å²) >= 11 is 2.11. The van der Waals surface area contributed by atoms with Crippen LogP contribution in [0.1, 0.15) is 32.6 Å². The second-order valence-corrected chi connectivity index (χ2v) is 5.85. The fourth-order valence-corrected chi connectivity index (χ4v) is 3.81. The summed E-state index contributed by atoms with van der Waals surface area (Å²) in [5, 5.41) is 0. The van der Waals surface area contributed by atoms with Crippen molar-refractivity contribution in [2.24, 2.45) is 5.73 Å². The lowest BCUT2D eigenvalue weighted by atomic mass is 9.95. The molecule has 2 heterocycles. The Labute approximate surface area is 91.6 Å². The van der Waals surface area contributed by atoms with Crippen LogP contribution in [0.25, 0.3) is 0 Å². The van der Waals surface area contributed by atoms with Gasteiger partial charge in [-0.2, -0.15) is 11.8 Å². The zero-order chi connectivity index (χ0) is 9.97. The van der Waals surface area contributed by atoms with Crippen molar-refractivity contribution in [3.8, 4) is 0 Å². The topological polar surface area (TPSA) is 29.3 Å². The van der Waals surface area contributed by atoms with Gasteiger partial charge in [0, 0.05) is 18.1 Å². The Hall–Kier alpha value is 0.270. The average molecular weight is 214 g/mol. The van der Waals surface area contributed by atoms with Gasteiger partial charge in [0.15, 0.2) is 0 Å². The van der Waals surface area contributed by atoms with Gasteiger partial charge in [0.2, 0.25) is 0 Å². The van der Waals surface area contributed by atoms with Crippen molar-refractivity contribution in [3.05, 3.63) is 0 Å². The largest absolute Gasteiger partial charge is 0.326 e. The summed E-state index contributed by atoms with van der Waals surface area (Å²) in [7, 11) is 0. The molecule has 2 N–H and O–H groups in total. The molecule has 14 heavy (non-hydrogen) atoms. The molecule has 0 spiro atoms. The number of piperidine rings is 1. The molecular weight excluding hydrogens is 192 g/mol. The second-order valence-electron chi connectivity index (χ2n) is 4.63. The van der Waals surface area contributed by atoms with Gasteiger partial charge in [0.25, 0.3) is 0 Å². The zero-order valence-corrected chi connectivity index (χ0v) is 9.93. The normalized spacial score (nSPS) is 37.3. The first-order valence-electron chi connectivity index (χ1n) is 5.88. The van der Waals surface area contributed by atoms with E-state index in [4.69, 9.17) is 5.73 Å². The Balaban J connectivity index is 1.93. The minimum Gasteiger partial charge on any atom is -0.326 e. The molecule has 2 fully saturated rings. The summed E-state index contributed by atoms with van der Waals surface area (Å²) in [4.78, 5) is 2.67. The quantitative estimate of drug-likeness (QED) is 0.720. The molecule has 2 aliphatic heterocycles. The van der Waals surface area contributed by atoms with E-state index in [-0.39, 0.29) is 0 Å². The standard InChI is InChI=1S/C11H22N2S/c1-9-11(12)3-2-6-13(9)10-4-7-14-8-5-10/h9-11H,2-8,12H2,1H3. The van der Waals surface area contributed by atoms with Gasteiger partial charge in [-0.15, -0.1) is 0 Å². The van der Waals surface area contributed by atoms with Crippen LogP contribution in [0.3, 0.4) is 0 Å². The molecule has 82 valence electrons. The van der Waals surface area contributed by atoms with Crippen molar-refractivity contribution in [1.29, 1.82) is 0 Å². The van der Waals surface area contributed by atoms with Crippen molar-refractivity contribution < 1.29 is 0 Å². The minimum atomic E-state index is 0.415. The molecule has 0 bridgehead atoms. The van der Waals surface area contributed by atoms with Gasteiger partial charge in [-0.25, -0.2) is 0 Å². The Morgan fingerprint density at radius 2 is 1.93 bits per heavy atom. The number of nitrogens with two attached hydrogens (primary N) is 1. The Kier molecular flexibility index (Phi) is 3.74. The highest BCUT2D eigenvalue weighted by Crippen LogP contribution is 2.27. The number of thioether (sulfide) groups is 1. The number of hydrogen-bond donors (Lipinski definition) is 1. The predicted octanol–water partition coefficient (Wildman–Crippen LogP) is 1.69. The van der Waals surface area contributed by atoms with Gasteiger partial charge in [0.1, 0.15) is 0 Å². The molecule has 0 amide bonds. The average Bonchev–Trinajstić information content (AvgIpc) is 2.23. The van der Waals surface area contributed by atoms with Gasteiger partial charge >= 0.3 is 0 Å². The molecule has 0 aromatic rings. The van der Waals surface area contributed by atoms with E-state index in [0.29, 0.717) is 12.1 Å². The Morgan fingerprint density at radius 1 is 1.21 bits per heavy atom. The highest BCUT2D eigenvalue weighted by atomic mass is 32.2. The van der Waals surface area contributed by atoms with Crippen molar-refractivity contribution in [1.82, 2.24) is 4.90 Å². The maximum absolute atomic E-state index is 6.13. The number of nitrogens with zero attached hydrogens (tertiary/aromatic N) is 1. The first-order chi connectivity index (χ1) is 6.79. The van der Waals surface area contributed by atoms with Crippen LogP contribution in [0.15, 0.2) is 0 Å². The molecular formula is C11H22N2S. The van der Waals surface area contributed by atoms with Crippen molar-refractivity contribution in [3.63, 3.8) is 0 Å². The fraction of sp³-hybridized carbons (Fsp3) is 1.00. The van der Waals surface area contributed by atoms with Crippen LogP contribution in [0, 0.1) is 0 Å². The van der Waals surface area contributed by atoms with Crippen LogP contribution < -0.4 is 5.73 Å². The van der Waals surface area contributed by atoms with Gasteiger partial charge in [0.05, 0.1) is 0 Å². The van der Waals surface area contributed by atoms with E-state index in [9.17, 15) is 0 Å². The Morgan fingerprint density at radius 3 is 2.64 bits per heavy atom. The van der Waals surface area contributed by atoms with E-state index < -0.39 is 0 Å². The summed E-state index contributed by atoms with van der Waals surface area (Å²) in [6.45, 7) is 3.59. The van der Waals surface area contributed by atoms with Crippen molar-refractivity contribution >= 4 is 11.8 Å². The van der Waals surface area contributed by atoms with E-state index in [1.807, 2.05) is 0 Å². The van der Waals surface area contributed by atoms with Crippen molar-refractivity contribution in [2.45, 2.75) is 50.7 Å². The number of rotatable bonds is 1. The maximum Gasteiger partial charge on any atom is 0.0221 e. The summed E-state index contributed by atoms with van der Waals surface area (Å²) in [5.41, 5.74) is 6.13. The summed E-state index contributed by atoms with van der Waals surface area (Å²) in [6, 6.07) is 1.85. The first-order valence-corrected chi connectivity index (χ1v) is 7.03. The third-order valence-electron chi connectivity index (χ3n) is 3.76. The predicted molar refractivity (Wildman–Crippen MR) is 63.7 cm³/mol. The van der Waals surface area contributed by atoms with E-state index in [1.165, 1.54) is 43.7 Å². The maximum atomic E-state index is 6.13. The molecule has 2 saturated heterocycles. The minimum absolute atomic E-state index is 0.415. The first kappa shape index (κ1) is 10.8. The molecule has 2 aliphatic rings. The lowest BCUT2D eigenvalue weighted by Crippen LogP contribution is -2.54. The highest BCUT2D eigenvalue weighted by molar-refractivity contribution is 7.99. The van der Waals surface area contributed by atoms with Crippen LogP contribution >= 0.6 is 11.8 Å². The zero-order valence-electron chi connectivity index (χ0n) is 9.11. The molecule has 0 aliphatic carbocycles. The molecule has 2 atom stereocenters. The van der Waals surface area contributed by atoms with Gasteiger partial charge in [-0.1, -0.05) is 0 Å². The van der Waals surface area contributed by atoms with Crippen LogP contribution in [-0.4, -0.2) is 41.1 Å². The monoisotopic (exact) mass is 214 g/mol. The smallest absolute Gasteiger partial charge is 0.0221 e. The molecule has 0 aromatic carbocycles. The third kappa shape index (κ3) is 2.26. The van der Waals surface area contributed by atoms with E-state index in [1.54, 1.807) is 0 Å². The second kappa shape index (κ2) is 4.86. The van der Waals surface area contributed by atoms with Gasteiger partial charge in [-0.3, -0.25) is 4.90 Å². The fourth-order valence-electron chi connectivity index (χ4n) is 2.73. The van der Waals surface area contributed by atoms with E-state index in [0.717, 1.165) is 6.04 Å². The molecule has 0 saturated carbocycles. The summed E-state index contributed by atoms with van der Waals surface area (Å²) < 4.78 is 0. The number of likely N-dealkylation sites (tertiary alicyclic amines) is 1. The van der Waals surface area contributed by atoms with Crippen molar-refractivity contribution in [2.75, 3.05) is 18.1 Å². The Bertz CT molecular complexity index is 180. The van der Waals surface area contributed by atoms with Gasteiger partial charge in [-0.05, 0) is 50.7 Å². The van der Waals surface area contributed by atoms with Crippen LogP contribution in [0.2, 0.25) is 0 Å².